The molecule has 1 atom stereocenters. The molecule has 3 rings (SSSR count). The van der Waals surface area contributed by atoms with E-state index in [1.807, 2.05) is 55.5 Å². The molecule has 0 spiro atoms. The van der Waals surface area contributed by atoms with Gasteiger partial charge in [-0.15, -0.1) is 0 Å². The number of ketones is 1. The summed E-state index contributed by atoms with van der Waals surface area (Å²) in [5.74, 6) is 0.121. The molecule has 1 unspecified atom stereocenters. The summed E-state index contributed by atoms with van der Waals surface area (Å²) in [7, 11) is 0. The van der Waals surface area contributed by atoms with Gasteiger partial charge in [0.25, 0.3) is 0 Å². The van der Waals surface area contributed by atoms with Crippen LogP contribution in [0.3, 0.4) is 0 Å². The number of hydrogen-bond donors (Lipinski definition) is 0. The topological polar surface area (TPSA) is 17.1 Å². The first-order valence-corrected chi connectivity index (χ1v) is 7.18. The maximum atomic E-state index is 12.7. The molecule has 1 aliphatic carbocycles. The van der Waals surface area contributed by atoms with Crippen LogP contribution in [0, 0.1) is 0 Å². The fourth-order valence-electron chi connectivity index (χ4n) is 2.98. The van der Waals surface area contributed by atoms with E-state index in [1.165, 1.54) is 11.1 Å². The molecule has 0 heterocycles. The van der Waals surface area contributed by atoms with E-state index in [0.717, 1.165) is 11.1 Å². The average Bonchev–Trinajstić information content (AvgIpc) is 2.79. The summed E-state index contributed by atoms with van der Waals surface area (Å²) >= 11 is 0. The van der Waals surface area contributed by atoms with Crippen LogP contribution in [-0.2, 0) is 10.2 Å². The van der Waals surface area contributed by atoms with Crippen molar-refractivity contribution in [3.63, 3.8) is 0 Å². The molecule has 0 aliphatic heterocycles. The SMILES string of the molecule is CC1=CC(C)(C(=O)/C=C/c2ccccc2)c2ccccc21. The molecule has 0 amide bonds. The molecule has 0 fully saturated rings. The number of carbonyl (C=O) groups is 1. The lowest BCUT2D eigenvalue weighted by Gasteiger charge is -2.20. The summed E-state index contributed by atoms with van der Waals surface area (Å²) in [6.45, 7) is 4.07. The molecule has 1 heteroatoms. The lowest BCUT2D eigenvalue weighted by molar-refractivity contribution is -0.117. The summed E-state index contributed by atoms with van der Waals surface area (Å²) in [5.41, 5.74) is 3.95. The van der Waals surface area contributed by atoms with Gasteiger partial charge in [-0.05, 0) is 42.2 Å². The Morgan fingerprint density at radius 3 is 2.43 bits per heavy atom. The zero-order chi connectivity index (χ0) is 14.9. The number of carbonyl (C=O) groups excluding carboxylic acids is 1. The molecule has 1 aliphatic rings. The maximum Gasteiger partial charge on any atom is 0.169 e. The fourth-order valence-corrected chi connectivity index (χ4v) is 2.98. The number of rotatable bonds is 3. The van der Waals surface area contributed by atoms with Gasteiger partial charge < -0.3 is 0 Å². The molecule has 21 heavy (non-hydrogen) atoms. The van der Waals surface area contributed by atoms with E-state index < -0.39 is 5.41 Å². The first-order chi connectivity index (χ1) is 10.1. The van der Waals surface area contributed by atoms with Crippen LogP contribution in [-0.4, -0.2) is 5.78 Å². The van der Waals surface area contributed by atoms with Gasteiger partial charge >= 0.3 is 0 Å². The molecular formula is C20H18O. The summed E-state index contributed by atoms with van der Waals surface area (Å²) in [5, 5.41) is 0. The maximum absolute atomic E-state index is 12.7. The van der Waals surface area contributed by atoms with Gasteiger partial charge in [0.1, 0.15) is 0 Å². The van der Waals surface area contributed by atoms with Crippen molar-refractivity contribution in [1.82, 2.24) is 0 Å². The first-order valence-electron chi connectivity index (χ1n) is 7.18. The van der Waals surface area contributed by atoms with Crippen molar-refractivity contribution in [2.24, 2.45) is 0 Å². The summed E-state index contributed by atoms with van der Waals surface area (Å²) in [6.07, 6.45) is 5.66. The van der Waals surface area contributed by atoms with Crippen LogP contribution in [0.1, 0.15) is 30.5 Å². The highest BCUT2D eigenvalue weighted by Crippen LogP contribution is 2.41. The fraction of sp³-hybridized carbons (Fsp3) is 0.150. The van der Waals surface area contributed by atoms with Crippen LogP contribution in [0.15, 0.2) is 66.7 Å². The van der Waals surface area contributed by atoms with E-state index in [-0.39, 0.29) is 5.78 Å². The third kappa shape index (κ3) is 2.36. The first kappa shape index (κ1) is 13.6. The number of fused-ring (bicyclic) bond motifs is 1. The number of benzene rings is 2. The Balaban J connectivity index is 1.94. The van der Waals surface area contributed by atoms with Gasteiger partial charge in [-0.2, -0.15) is 0 Å². The van der Waals surface area contributed by atoms with E-state index >= 15 is 0 Å². The second-order valence-corrected chi connectivity index (χ2v) is 5.68. The molecule has 0 N–H and O–H groups in total. The third-order valence-corrected chi connectivity index (χ3v) is 4.16. The van der Waals surface area contributed by atoms with E-state index in [9.17, 15) is 4.79 Å². The van der Waals surface area contributed by atoms with E-state index in [4.69, 9.17) is 0 Å². The number of hydrogen-bond acceptors (Lipinski definition) is 1. The zero-order valence-corrected chi connectivity index (χ0v) is 12.3. The minimum atomic E-state index is -0.550. The lowest BCUT2D eigenvalue weighted by Crippen LogP contribution is -2.27. The molecule has 0 saturated heterocycles. The molecule has 104 valence electrons. The summed E-state index contributed by atoms with van der Waals surface area (Å²) in [4.78, 5) is 12.7. The summed E-state index contributed by atoms with van der Waals surface area (Å²) < 4.78 is 0. The van der Waals surface area contributed by atoms with Gasteiger partial charge in [0.05, 0.1) is 5.41 Å². The van der Waals surface area contributed by atoms with Gasteiger partial charge in [0, 0.05) is 0 Å². The molecule has 0 radical (unpaired) electrons. The van der Waals surface area contributed by atoms with Crippen molar-refractivity contribution >= 4 is 17.4 Å². The minimum Gasteiger partial charge on any atom is -0.293 e. The molecular weight excluding hydrogens is 256 g/mol. The van der Waals surface area contributed by atoms with Crippen LogP contribution in [0.5, 0.6) is 0 Å². The Labute approximate surface area is 125 Å². The van der Waals surface area contributed by atoms with E-state index in [0.29, 0.717) is 0 Å². The molecule has 2 aromatic rings. The van der Waals surface area contributed by atoms with Crippen molar-refractivity contribution in [2.75, 3.05) is 0 Å². The highest BCUT2D eigenvalue weighted by molar-refractivity contribution is 6.06. The number of allylic oxidation sites excluding steroid dienone is 3. The van der Waals surface area contributed by atoms with Crippen molar-refractivity contribution in [1.29, 1.82) is 0 Å². The van der Waals surface area contributed by atoms with Gasteiger partial charge in [0.15, 0.2) is 5.78 Å². The predicted molar refractivity (Wildman–Crippen MR) is 87.9 cm³/mol. The van der Waals surface area contributed by atoms with Crippen molar-refractivity contribution < 1.29 is 4.79 Å². The normalized spacial score (nSPS) is 20.4. The highest BCUT2D eigenvalue weighted by atomic mass is 16.1. The smallest absolute Gasteiger partial charge is 0.169 e. The highest BCUT2D eigenvalue weighted by Gasteiger charge is 2.37. The molecule has 0 bridgehead atoms. The lowest BCUT2D eigenvalue weighted by atomic mass is 9.80. The Morgan fingerprint density at radius 2 is 1.67 bits per heavy atom. The molecule has 0 aromatic heterocycles. The molecule has 0 saturated carbocycles. The Kier molecular flexibility index (Phi) is 3.34. The Hall–Kier alpha value is -2.41. The quantitative estimate of drug-likeness (QED) is 0.745. The van der Waals surface area contributed by atoms with Crippen LogP contribution in [0.2, 0.25) is 0 Å². The van der Waals surface area contributed by atoms with E-state index in [1.54, 1.807) is 6.08 Å². The average molecular weight is 274 g/mol. The standard InChI is InChI=1S/C20H18O/c1-15-14-20(2,18-11-7-6-10-17(15)18)19(21)13-12-16-8-4-3-5-9-16/h3-14H,1-2H3/b13-12+. The van der Waals surface area contributed by atoms with Gasteiger partial charge in [-0.25, -0.2) is 0 Å². The van der Waals surface area contributed by atoms with Crippen LogP contribution < -0.4 is 0 Å². The Morgan fingerprint density at radius 1 is 1.00 bits per heavy atom. The van der Waals surface area contributed by atoms with Gasteiger partial charge in [-0.1, -0.05) is 66.7 Å². The van der Waals surface area contributed by atoms with Gasteiger partial charge in [-0.3, -0.25) is 4.79 Å². The monoisotopic (exact) mass is 274 g/mol. The van der Waals surface area contributed by atoms with E-state index in [2.05, 4.69) is 25.1 Å². The third-order valence-electron chi connectivity index (χ3n) is 4.16. The van der Waals surface area contributed by atoms with Crippen molar-refractivity contribution in [2.45, 2.75) is 19.3 Å². The minimum absolute atomic E-state index is 0.121. The predicted octanol–water partition coefficient (Wildman–Crippen LogP) is 4.64. The largest absolute Gasteiger partial charge is 0.293 e. The second kappa shape index (κ2) is 5.17. The molecule has 2 aromatic carbocycles. The van der Waals surface area contributed by atoms with Crippen LogP contribution >= 0.6 is 0 Å². The second-order valence-electron chi connectivity index (χ2n) is 5.68. The van der Waals surface area contributed by atoms with Gasteiger partial charge in [0.2, 0.25) is 0 Å². The zero-order valence-electron chi connectivity index (χ0n) is 12.3. The Bertz CT molecular complexity index is 737. The van der Waals surface area contributed by atoms with Crippen molar-refractivity contribution in [3.05, 3.63) is 83.4 Å². The van der Waals surface area contributed by atoms with Crippen LogP contribution in [0.4, 0.5) is 0 Å². The summed E-state index contributed by atoms with van der Waals surface area (Å²) in [6, 6.07) is 18.1. The van der Waals surface area contributed by atoms with Crippen molar-refractivity contribution in [3.8, 4) is 0 Å². The molecule has 1 nitrogen and oxygen atoms in total. The van der Waals surface area contributed by atoms with Crippen LogP contribution in [0.25, 0.3) is 11.6 Å².